The van der Waals surface area contributed by atoms with Crippen molar-refractivity contribution in [2.24, 2.45) is 0 Å². The van der Waals surface area contributed by atoms with Crippen molar-refractivity contribution in [1.29, 1.82) is 0 Å². The first-order chi connectivity index (χ1) is 5.29. The molecule has 62 valence electrons. The van der Waals surface area contributed by atoms with Crippen molar-refractivity contribution in [2.75, 3.05) is 7.05 Å². The Morgan fingerprint density at radius 3 is 2.82 bits per heavy atom. The largest absolute Gasteiger partial charge is 0.383 e. The summed E-state index contributed by atoms with van der Waals surface area (Å²) in [6, 6.07) is -0.0518. The summed E-state index contributed by atoms with van der Waals surface area (Å²) < 4.78 is 0. The van der Waals surface area contributed by atoms with Gasteiger partial charge in [-0.1, -0.05) is 0 Å². The summed E-state index contributed by atoms with van der Waals surface area (Å²) >= 11 is 0. The van der Waals surface area contributed by atoms with Crippen LogP contribution in [0.4, 0.5) is 0 Å². The first kappa shape index (κ1) is 8.51. The van der Waals surface area contributed by atoms with Crippen LogP contribution in [0, 0.1) is 6.57 Å². The summed E-state index contributed by atoms with van der Waals surface area (Å²) in [4.78, 5) is 3.39. The number of aliphatic hydroxyl groups excluding tert-OH is 1. The Kier molecular flexibility index (Phi) is 2.86. The minimum Gasteiger partial charge on any atom is -0.383 e. The van der Waals surface area contributed by atoms with Gasteiger partial charge in [0, 0.05) is 12.5 Å². The molecule has 0 aromatic heterocycles. The first-order valence-corrected chi connectivity index (χ1v) is 4.01. The molecule has 0 saturated heterocycles. The minimum atomic E-state index is -0.466. The Hall–Kier alpha value is -0.590. The topological polar surface area (TPSA) is 36.6 Å². The van der Waals surface area contributed by atoms with E-state index in [-0.39, 0.29) is 12.1 Å². The van der Waals surface area contributed by atoms with Crippen LogP contribution in [-0.2, 0) is 0 Å². The Morgan fingerprint density at radius 2 is 2.27 bits per heavy atom. The van der Waals surface area contributed by atoms with Gasteiger partial charge in [-0.3, -0.25) is 0 Å². The number of hydrogen-bond acceptors (Lipinski definition) is 2. The summed E-state index contributed by atoms with van der Waals surface area (Å²) in [5.41, 5.74) is 0. The van der Waals surface area contributed by atoms with E-state index in [0.29, 0.717) is 0 Å². The van der Waals surface area contributed by atoms with Crippen LogP contribution in [0.15, 0.2) is 0 Å². The maximum absolute atomic E-state index is 9.55. The molecule has 0 heterocycles. The van der Waals surface area contributed by atoms with Gasteiger partial charge < -0.3 is 15.3 Å². The lowest BCUT2D eigenvalue weighted by molar-refractivity contribution is 0.0879. The molecule has 0 aromatic carbocycles. The van der Waals surface area contributed by atoms with E-state index in [4.69, 9.17) is 6.57 Å². The van der Waals surface area contributed by atoms with Crippen LogP contribution < -0.4 is 5.32 Å². The zero-order chi connectivity index (χ0) is 8.27. The summed E-state index contributed by atoms with van der Waals surface area (Å²) in [6.07, 6.45) is 2.42. The molecule has 3 atom stereocenters. The number of likely N-dealkylation sites (N-methyl/N-ethyl adjacent to an activating group) is 1. The average Bonchev–Trinajstić information content (AvgIpc) is 2.05. The molecule has 0 amide bonds. The molecule has 3 heteroatoms. The summed E-state index contributed by atoms with van der Waals surface area (Å²) in [6.45, 7) is 6.83. The number of aliphatic hydroxyl groups is 1. The second kappa shape index (κ2) is 3.70. The van der Waals surface area contributed by atoms with Crippen LogP contribution >= 0.6 is 0 Å². The highest BCUT2D eigenvalue weighted by molar-refractivity contribution is 4.95. The number of nitrogens with one attached hydrogen (secondary N) is 1. The van der Waals surface area contributed by atoms with Gasteiger partial charge >= 0.3 is 0 Å². The van der Waals surface area contributed by atoms with E-state index in [0.717, 1.165) is 19.3 Å². The molecule has 0 radical (unpaired) electrons. The van der Waals surface area contributed by atoms with Crippen molar-refractivity contribution in [3.05, 3.63) is 11.4 Å². The van der Waals surface area contributed by atoms with Crippen molar-refractivity contribution >= 4 is 0 Å². The van der Waals surface area contributed by atoms with E-state index in [2.05, 4.69) is 10.2 Å². The molecule has 1 rings (SSSR count). The molecule has 0 unspecified atom stereocenters. The lowest BCUT2D eigenvalue weighted by atomic mass is 9.89. The molecule has 1 fully saturated rings. The quantitative estimate of drug-likeness (QED) is 0.537. The highest BCUT2D eigenvalue weighted by atomic mass is 16.3. The third-order valence-corrected chi connectivity index (χ3v) is 2.36. The van der Waals surface area contributed by atoms with Gasteiger partial charge in [-0.25, -0.2) is 6.57 Å². The van der Waals surface area contributed by atoms with Crippen molar-refractivity contribution < 1.29 is 5.11 Å². The normalized spacial score (nSPS) is 38.1. The lowest BCUT2D eigenvalue weighted by Crippen LogP contribution is -2.46. The molecule has 0 aliphatic heterocycles. The molecule has 0 aromatic rings. The fourth-order valence-corrected chi connectivity index (χ4v) is 1.61. The van der Waals surface area contributed by atoms with Gasteiger partial charge in [0.05, 0.1) is 0 Å². The maximum atomic E-state index is 9.55. The third kappa shape index (κ3) is 1.70. The molecule has 1 aliphatic rings. The average molecular weight is 154 g/mol. The van der Waals surface area contributed by atoms with Crippen molar-refractivity contribution in [2.45, 2.75) is 37.5 Å². The van der Waals surface area contributed by atoms with E-state index >= 15 is 0 Å². The SMILES string of the molecule is [C-]#[N+][C@@H]1CCC[C@H](NC)[C@H]1O. The van der Waals surface area contributed by atoms with Crippen LogP contribution in [0.3, 0.4) is 0 Å². The Labute approximate surface area is 67.2 Å². The smallest absolute Gasteiger partial charge is 0.250 e. The van der Waals surface area contributed by atoms with E-state index in [9.17, 15) is 5.11 Å². The Morgan fingerprint density at radius 1 is 1.55 bits per heavy atom. The van der Waals surface area contributed by atoms with Gasteiger partial charge in [0.15, 0.2) is 0 Å². The number of hydrogen-bond donors (Lipinski definition) is 2. The number of nitrogens with zero attached hydrogens (tertiary/aromatic N) is 1. The van der Waals surface area contributed by atoms with Gasteiger partial charge in [-0.05, 0) is 19.9 Å². The van der Waals surface area contributed by atoms with E-state index in [1.165, 1.54) is 0 Å². The molecule has 2 N–H and O–H groups in total. The summed E-state index contributed by atoms with van der Waals surface area (Å²) in [5.74, 6) is 0. The Balaban J connectivity index is 2.53. The van der Waals surface area contributed by atoms with Crippen LogP contribution in [-0.4, -0.2) is 30.3 Å². The highest BCUT2D eigenvalue weighted by Gasteiger charge is 2.34. The molecular formula is C8H14N2O. The molecule has 1 saturated carbocycles. The molecule has 3 nitrogen and oxygen atoms in total. The van der Waals surface area contributed by atoms with Gasteiger partial charge in [0.25, 0.3) is 6.04 Å². The second-order valence-corrected chi connectivity index (χ2v) is 3.01. The molecule has 0 spiro atoms. The van der Waals surface area contributed by atoms with Gasteiger partial charge in [0.2, 0.25) is 0 Å². The monoisotopic (exact) mass is 154 g/mol. The second-order valence-electron chi connectivity index (χ2n) is 3.01. The fraction of sp³-hybridized carbons (Fsp3) is 0.875. The standard InChI is InChI=1S/C8H14N2O/c1-9-6-4-3-5-7(10-2)8(6)11/h6-9,11H,3-5H2,1H3/t6-,7+,8+/m0/s1. The zero-order valence-electron chi connectivity index (χ0n) is 6.75. The zero-order valence-corrected chi connectivity index (χ0v) is 6.75. The summed E-state index contributed by atoms with van der Waals surface area (Å²) in [7, 11) is 1.83. The fourth-order valence-electron chi connectivity index (χ4n) is 1.61. The van der Waals surface area contributed by atoms with Crippen LogP contribution in [0.5, 0.6) is 0 Å². The van der Waals surface area contributed by atoms with Crippen molar-refractivity contribution in [1.82, 2.24) is 5.32 Å². The van der Waals surface area contributed by atoms with E-state index < -0.39 is 6.10 Å². The van der Waals surface area contributed by atoms with Crippen molar-refractivity contribution in [3.8, 4) is 0 Å². The predicted octanol–water partition coefficient (Wildman–Crippen LogP) is 0.407. The van der Waals surface area contributed by atoms with E-state index in [1.807, 2.05) is 7.05 Å². The molecule has 0 bridgehead atoms. The Bertz CT molecular complexity index is 164. The van der Waals surface area contributed by atoms with E-state index in [1.54, 1.807) is 0 Å². The van der Waals surface area contributed by atoms with Gasteiger partial charge in [-0.15, -0.1) is 0 Å². The van der Waals surface area contributed by atoms with Crippen LogP contribution in [0.1, 0.15) is 19.3 Å². The predicted molar refractivity (Wildman–Crippen MR) is 43.1 cm³/mol. The first-order valence-electron chi connectivity index (χ1n) is 4.01. The minimum absolute atomic E-state index is 0.128. The lowest BCUT2D eigenvalue weighted by Gasteiger charge is -2.27. The van der Waals surface area contributed by atoms with Crippen LogP contribution in [0.2, 0.25) is 0 Å². The van der Waals surface area contributed by atoms with Gasteiger partial charge in [0.1, 0.15) is 6.10 Å². The van der Waals surface area contributed by atoms with Crippen LogP contribution in [0.25, 0.3) is 4.85 Å². The summed E-state index contributed by atoms with van der Waals surface area (Å²) in [5, 5.41) is 12.6. The number of rotatable bonds is 1. The molecule has 11 heavy (non-hydrogen) atoms. The van der Waals surface area contributed by atoms with Crippen molar-refractivity contribution in [3.63, 3.8) is 0 Å². The highest BCUT2D eigenvalue weighted by Crippen LogP contribution is 2.21. The maximum Gasteiger partial charge on any atom is 0.250 e. The molecule has 1 aliphatic carbocycles. The molecular weight excluding hydrogens is 140 g/mol. The van der Waals surface area contributed by atoms with Gasteiger partial charge in [-0.2, -0.15) is 0 Å². The third-order valence-electron chi connectivity index (χ3n) is 2.36.